The van der Waals surface area contributed by atoms with E-state index in [1.165, 1.54) is 5.56 Å². The van der Waals surface area contributed by atoms with Crippen molar-refractivity contribution in [1.29, 1.82) is 0 Å². The van der Waals surface area contributed by atoms with Gasteiger partial charge in [0.25, 0.3) is 5.91 Å². The Morgan fingerprint density at radius 3 is 2.48 bits per heavy atom. The monoisotopic (exact) mass is 313 g/mol. The van der Waals surface area contributed by atoms with Crippen molar-refractivity contribution in [3.8, 4) is 11.5 Å². The molecule has 0 saturated heterocycles. The molecule has 23 heavy (non-hydrogen) atoms. The minimum Gasteiger partial charge on any atom is -0.492 e. The van der Waals surface area contributed by atoms with Gasteiger partial charge in [-0.3, -0.25) is 4.79 Å². The van der Waals surface area contributed by atoms with Crippen LogP contribution in [0, 0.1) is 13.8 Å². The van der Waals surface area contributed by atoms with Gasteiger partial charge in [-0.2, -0.15) is 0 Å². The first kappa shape index (κ1) is 16.9. The smallest absolute Gasteiger partial charge is 0.260 e. The van der Waals surface area contributed by atoms with E-state index in [0.717, 1.165) is 11.3 Å². The van der Waals surface area contributed by atoms with Crippen molar-refractivity contribution >= 4 is 5.91 Å². The van der Waals surface area contributed by atoms with E-state index in [1.807, 2.05) is 62.4 Å². The largest absolute Gasteiger partial charge is 0.492 e. The first-order valence-electron chi connectivity index (χ1n) is 7.75. The summed E-state index contributed by atoms with van der Waals surface area (Å²) in [6, 6.07) is 15.5. The predicted molar refractivity (Wildman–Crippen MR) is 91.0 cm³/mol. The van der Waals surface area contributed by atoms with E-state index in [2.05, 4.69) is 5.32 Å². The van der Waals surface area contributed by atoms with Crippen LogP contribution in [0.3, 0.4) is 0 Å². The van der Waals surface area contributed by atoms with E-state index in [-0.39, 0.29) is 5.91 Å². The minimum atomic E-state index is -0.545. The fourth-order valence-corrected chi connectivity index (χ4v) is 2.07. The number of hydrogen-bond donors (Lipinski definition) is 1. The Balaban J connectivity index is 1.70. The van der Waals surface area contributed by atoms with Gasteiger partial charge in [-0.15, -0.1) is 0 Å². The van der Waals surface area contributed by atoms with Crippen LogP contribution in [0.25, 0.3) is 0 Å². The van der Waals surface area contributed by atoms with Crippen LogP contribution in [0.1, 0.15) is 18.1 Å². The summed E-state index contributed by atoms with van der Waals surface area (Å²) in [5.74, 6) is 1.34. The second-order valence-electron chi connectivity index (χ2n) is 5.53. The lowest BCUT2D eigenvalue weighted by atomic mass is 10.2. The number of nitrogens with one attached hydrogen (secondary N) is 1. The summed E-state index contributed by atoms with van der Waals surface area (Å²) in [5, 5.41) is 2.81. The van der Waals surface area contributed by atoms with Gasteiger partial charge in [0.1, 0.15) is 18.1 Å². The van der Waals surface area contributed by atoms with Crippen LogP contribution in [0.15, 0.2) is 48.5 Å². The summed E-state index contributed by atoms with van der Waals surface area (Å²) in [7, 11) is 0. The van der Waals surface area contributed by atoms with Gasteiger partial charge < -0.3 is 14.8 Å². The summed E-state index contributed by atoms with van der Waals surface area (Å²) >= 11 is 0. The normalized spacial score (nSPS) is 11.6. The standard InChI is InChI=1S/C19H23NO3/c1-14-7-9-17(10-8-14)22-12-11-20-19(21)16(3)23-18-6-4-5-15(2)13-18/h4-10,13,16H,11-12H2,1-3H3,(H,20,21)/t16-/m0/s1. The Kier molecular flexibility index (Phi) is 6.03. The number of ether oxygens (including phenoxy) is 2. The summed E-state index contributed by atoms with van der Waals surface area (Å²) in [5.41, 5.74) is 2.29. The molecule has 2 rings (SSSR count). The predicted octanol–water partition coefficient (Wildman–Crippen LogP) is 3.27. The Hall–Kier alpha value is -2.49. The van der Waals surface area contributed by atoms with Crippen LogP contribution in [-0.4, -0.2) is 25.2 Å². The second kappa shape index (κ2) is 8.22. The second-order valence-corrected chi connectivity index (χ2v) is 5.53. The zero-order valence-electron chi connectivity index (χ0n) is 13.8. The molecule has 0 aliphatic heterocycles. The summed E-state index contributed by atoms with van der Waals surface area (Å²) in [6.45, 7) is 6.61. The maximum atomic E-state index is 12.0. The van der Waals surface area contributed by atoms with Crippen molar-refractivity contribution in [1.82, 2.24) is 5.32 Å². The SMILES string of the molecule is Cc1ccc(OCCNC(=O)[C@H](C)Oc2cccc(C)c2)cc1. The van der Waals surface area contributed by atoms with Crippen LogP contribution in [0.2, 0.25) is 0 Å². The van der Waals surface area contributed by atoms with Crippen LogP contribution in [-0.2, 0) is 4.79 Å². The van der Waals surface area contributed by atoms with Gasteiger partial charge in [0.05, 0.1) is 6.54 Å². The molecule has 1 amide bonds. The summed E-state index contributed by atoms with van der Waals surface area (Å²) in [6.07, 6.45) is -0.545. The number of amides is 1. The zero-order valence-corrected chi connectivity index (χ0v) is 13.8. The highest BCUT2D eigenvalue weighted by molar-refractivity contribution is 5.80. The van der Waals surface area contributed by atoms with Gasteiger partial charge >= 0.3 is 0 Å². The van der Waals surface area contributed by atoms with Gasteiger partial charge in [0.15, 0.2) is 6.10 Å². The number of aryl methyl sites for hydroxylation is 2. The van der Waals surface area contributed by atoms with Gasteiger partial charge in [0.2, 0.25) is 0 Å². The molecular formula is C19H23NO3. The molecule has 0 radical (unpaired) electrons. The molecule has 0 fully saturated rings. The molecule has 4 heteroatoms. The van der Waals surface area contributed by atoms with E-state index in [1.54, 1.807) is 6.92 Å². The maximum Gasteiger partial charge on any atom is 0.260 e. The highest BCUT2D eigenvalue weighted by Gasteiger charge is 2.13. The fraction of sp³-hybridized carbons (Fsp3) is 0.316. The Bertz CT molecular complexity index is 637. The van der Waals surface area contributed by atoms with Crippen molar-refractivity contribution in [2.24, 2.45) is 0 Å². The fourth-order valence-electron chi connectivity index (χ4n) is 2.07. The van der Waals surface area contributed by atoms with Crippen molar-refractivity contribution in [3.63, 3.8) is 0 Å². The molecule has 1 N–H and O–H groups in total. The highest BCUT2D eigenvalue weighted by atomic mass is 16.5. The van der Waals surface area contributed by atoms with Crippen molar-refractivity contribution in [2.75, 3.05) is 13.2 Å². The van der Waals surface area contributed by atoms with E-state index in [9.17, 15) is 4.79 Å². The number of carbonyl (C=O) groups excluding carboxylic acids is 1. The molecule has 0 spiro atoms. The Morgan fingerprint density at radius 2 is 1.78 bits per heavy atom. The quantitative estimate of drug-likeness (QED) is 0.798. The molecular weight excluding hydrogens is 290 g/mol. The van der Waals surface area contributed by atoms with E-state index in [0.29, 0.717) is 18.9 Å². The molecule has 0 saturated carbocycles. The van der Waals surface area contributed by atoms with Crippen molar-refractivity contribution < 1.29 is 14.3 Å². The lowest BCUT2D eigenvalue weighted by molar-refractivity contribution is -0.127. The van der Waals surface area contributed by atoms with Gasteiger partial charge in [0, 0.05) is 0 Å². The maximum absolute atomic E-state index is 12.0. The van der Waals surface area contributed by atoms with Crippen LogP contribution < -0.4 is 14.8 Å². The molecule has 0 unspecified atom stereocenters. The molecule has 2 aromatic carbocycles. The average molecular weight is 313 g/mol. The minimum absolute atomic E-state index is 0.154. The molecule has 4 nitrogen and oxygen atoms in total. The van der Waals surface area contributed by atoms with E-state index < -0.39 is 6.10 Å². The molecule has 0 aliphatic carbocycles. The first-order chi connectivity index (χ1) is 11.0. The van der Waals surface area contributed by atoms with Crippen LogP contribution >= 0.6 is 0 Å². The van der Waals surface area contributed by atoms with Gasteiger partial charge in [-0.05, 0) is 50.6 Å². The number of carbonyl (C=O) groups is 1. The number of benzene rings is 2. The Labute approximate surface area is 137 Å². The average Bonchev–Trinajstić information content (AvgIpc) is 2.53. The molecule has 0 heterocycles. The number of hydrogen-bond acceptors (Lipinski definition) is 3. The van der Waals surface area contributed by atoms with Crippen LogP contribution in [0.4, 0.5) is 0 Å². The summed E-state index contributed by atoms with van der Waals surface area (Å²) in [4.78, 5) is 12.0. The van der Waals surface area contributed by atoms with Crippen LogP contribution in [0.5, 0.6) is 11.5 Å². The number of rotatable bonds is 7. The van der Waals surface area contributed by atoms with Crippen molar-refractivity contribution in [2.45, 2.75) is 26.9 Å². The van der Waals surface area contributed by atoms with E-state index >= 15 is 0 Å². The van der Waals surface area contributed by atoms with Gasteiger partial charge in [-0.25, -0.2) is 0 Å². The van der Waals surface area contributed by atoms with Gasteiger partial charge in [-0.1, -0.05) is 29.8 Å². The first-order valence-corrected chi connectivity index (χ1v) is 7.75. The zero-order chi connectivity index (χ0) is 16.7. The van der Waals surface area contributed by atoms with E-state index in [4.69, 9.17) is 9.47 Å². The lowest BCUT2D eigenvalue weighted by Crippen LogP contribution is -2.38. The third kappa shape index (κ3) is 5.66. The molecule has 0 bridgehead atoms. The van der Waals surface area contributed by atoms with Crippen molar-refractivity contribution in [3.05, 3.63) is 59.7 Å². The highest BCUT2D eigenvalue weighted by Crippen LogP contribution is 2.14. The molecule has 0 aliphatic rings. The third-order valence-electron chi connectivity index (χ3n) is 3.36. The molecule has 2 aromatic rings. The lowest BCUT2D eigenvalue weighted by Gasteiger charge is -2.15. The Morgan fingerprint density at radius 1 is 1.04 bits per heavy atom. The topological polar surface area (TPSA) is 47.6 Å². The summed E-state index contributed by atoms with van der Waals surface area (Å²) < 4.78 is 11.2. The third-order valence-corrected chi connectivity index (χ3v) is 3.36. The molecule has 122 valence electrons. The molecule has 1 atom stereocenters. The molecule has 0 aromatic heterocycles.